The normalized spacial score (nSPS) is 30.6. The second kappa shape index (κ2) is 5.26. The molecular formula is C13H22O2S. The smallest absolute Gasteiger partial charge is 0.169 e. The van der Waals surface area contributed by atoms with Gasteiger partial charge in [-0.3, -0.25) is 4.79 Å². The Morgan fingerprint density at radius 1 is 1.38 bits per heavy atom. The van der Waals surface area contributed by atoms with Crippen LogP contribution in [0.3, 0.4) is 0 Å². The highest BCUT2D eigenvalue weighted by atomic mass is 32.2. The van der Waals surface area contributed by atoms with E-state index in [1.807, 2.05) is 20.8 Å². The van der Waals surface area contributed by atoms with Gasteiger partial charge in [0.15, 0.2) is 10.7 Å². The summed E-state index contributed by atoms with van der Waals surface area (Å²) < 4.78 is 6.13. The second-order valence-corrected chi connectivity index (χ2v) is 5.75. The van der Waals surface area contributed by atoms with E-state index in [2.05, 4.69) is 13.8 Å². The van der Waals surface area contributed by atoms with E-state index in [1.165, 1.54) is 0 Å². The lowest BCUT2D eigenvalue weighted by Gasteiger charge is -2.42. The Bertz CT molecular complexity index is 309. The number of carbonyl (C=O) groups is 1. The molecule has 0 bridgehead atoms. The number of thioether (sulfide) groups is 1. The van der Waals surface area contributed by atoms with Crippen molar-refractivity contribution in [3.63, 3.8) is 0 Å². The molecule has 2 atom stereocenters. The van der Waals surface area contributed by atoms with Crippen molar-refractivity contribution in [1.29, 1.82) is 0 Å². The number of hydrogen-bond acceptors (Lipinski definition) is 3. The number of rotatable bonds is 4. The zero-order valence-electron chi connectivity index (χ0n) is 10.9. The van der Waals surface area contributed by atoms with Gasteiger partial charge in [-0.2, -0.15) is 0 Å². The molecule has 1 rings (SSSR count). The molecule has 0 saturated carbocycles. The van der Waals surface area contributed by atoms with Gasteiger partial charge < -0.3 is 4.74 Å². The van der Waals surface area contributed by atoms with Crippen LogP contribution in [0.25, 0.3) is 0 Å². The summed E-state index contributed by atoms with van der Waals surface area (Å²) in [6.45, 7) is 10.1. The van der Waals surface area contributed by atoms with Gasteiger partial charge in [0, 0.05) is 12.0 Å². The van der Waals surface area contributed by atoms with Crippen molar-refractivity contribution < 1.29 is 9.53 Å². The third-order valence-electron chi connectivity index (χ3n) is 3.34. The molecular weight excluding hydrogens is 220 g/mol. The summed E-state index contributed by atoms with van der Waals surface area (Å²) in [7, 11) is 0. The number of Topliss-reactive ketones (excluding diaryl/α,β-unsaturated/α-hetero) is 1. The molecule has 0 fully saturated rings. The Morgan fingerprint density at radius 2 is 2.00 bits per heavy atom. The van der Waals surface area contributed by atoms with Gasteiger partial charge in [0.1, 0.15) is 5.76 Å². The molecule has 1 aliphatic rings. The topological polar surface area (TPSA) is 26.3 Å². The Hall–Kier alpha value is -0.440. The van der Waals surface area contributed by atoms with Crippen molar-refractivity contribution in [3.8, 4) is 0 Å². The van der Waals surface area contributed by atoms with E-state index in [0.717, 1.165) is 29.9 Å². The predicted octanol–water partition coefficient (Wildman–Crippen LogP) is 3.77. The van der Waals surface area contributed by atoms with Crippen molar-refractivity contribution >= 4 is 17.5 Å². The molecule has 0 aromatic carbocycles. The fourth-order valence-electron chi connectivity index (χ4n) is 2.25. The monoisotopic (exact) mass is 242 g/mol. The molecule has 0 amide bonds. The Labute approximate surface area is 103 Å². The zero-order chi connectivity index (χ0) is 12.3. The third kappa shape index (κ3) is 2.15. The molecule has 2 nitrogen and oxygen atoms in total. The van der Waals surface area contributed by atoms with Crippen LogP contribution in [-0.4, -0.2) is 16.5 Å². The second-order valence-electron chi connectivity index (χ2n) is 4.19. The van der Waals surface area contributed by atoms with Crippen LogP contribution in [0.4, 0.5) is 0 Å². The van der Waals surface area contributed by atoms with E-state index in [0.29, 0.717) is 0 Å². The molecule has 0 N–H and O–H groups in total. The van der Waals surface area contributed by atoms with Crippen LogP contribution < -0.4 is 0 Å². The van der Waals surface area contributed by atoms with Gasteiger partial charge in [-0.05, 0) is 19.1 Å². The van der Waals surface area contributed by atoms with E-state index < -0.39 is 0 Å². The van der Waals surface area contributed by atoms with Gasteiger partial charge in [0.25, 0.3) is 0 Å². The summed E-state index contributed by atoms with van der Waals surface area (Å²) in [5.41, 5.74) is 0.816. The number of ether oxygens (including phenoxy) is 1. The Kier molecular flexibility index (Phi) is 4.48. The number of allylic oxidation sites excluding steroid dienone is 2. The minimum absolute atomic E-state index is 0.0438. The van der Waals surface area contributed by atoms with Crippen molar-refractivity contribution in [1.82, 2.24) is 0 Å². The predicted molar refractivity (Wildman–Crippen MR) is 69.4 cm³/mol. The van der Waals surface area contributed by atoms with Crippen LogP contribution in [-0.2, 0) is 9.53 Å². The molecule has 2 unspecified atom stereocenters. The zero-order valence-corrected chi connectivity index (χ0v) is 11.7. The fraction of sp³-hybridized carbons (Fsp3) is 0.769. The number of ketones is 1. The molecule has 3 heteroatoms. The highest BCUT2D eigenvalue weighted by Crippen LogP contribution is 2.45. The van der Waals surface area contributed by atoms with Gasteiger partial charge in [-0.15, -0.1) is 11.8 Å². The lowest BCUT2D eigenvalue weighted by Crippen LogP contribution is -2.44. The van der Waals surface area contributed by atoms with E-state index in [-0.39, 0.29) is 16.6 Å². The van der Waals surface area contributed by atoms with Crippen LogP contribution in [0, 0.1) is 5.92 Å². The van der Waals surface area contributed by atoms with E-state index >= 15 is 0 Å². The van der Waals surface area contributed by atoms with Crippen molar-refractivity contribution in [2.45, 2.75) is 52.4 Å². The quantitative estimate of drug-likeness (QED) is 0.750. The first-order chi connectivity index (χ1) is 7.52. The molecule has 0 spiro atoms. The van der Waals surface area contributed by atoms with Crippen LogP contribution in [0.1, 0.15) is 47.5 Å². The molecule has 0 aromatic heterocycles. The maximum atomic E-state index is 12.2. The van der Waals surface area contributed by atoms with Crippen LogP contribution in [0.5, 0.6) is 0 Å². The maximum Gasteiger partial charge on any atom is 0.169 e. The van der Waals surface area contributed by atoms with Gasteiger partial charge in [-0.1, -0.05) is 27.7 Å². The minimum atomic E-state index is -0.337. The molecule has 92 valence electrons. The van der Waals surface area contributed by atoms with Gasteiger partial charge in [0.05, 0.1) is 5.92 Å². The molecule has 0 radical (unpaired) electrons. The minimum Gasteiger partial charge on any atom is -0.480 e. The molecule has 1 heterocycles. The van der Waals surface area contributed by atoms with Gasteiger partial charge in [0.2, 0.25) is 0 Å². The highest BCUT2D eigenvalue weighted by molar-refractivity contribution is 8.00. The first-order valence-corrected chi connectivity index (χ1v) is 7.07. The molecule has 0 aliphatic carbocycles. The largest absolute Gasteiger partial charge is 0.480 e. The molecule has 16 heavy (non-hydrogen) atoms. The van der Waals surface area contributed by atoms with Crippen LogP contribution in [0.2, 0.25) is 0 Å². The summed E-state index contributed by atoms with van der Waals surface area (Å²) >= 11 is 1.76. The standard InChI is InChI=1S/C13H22O2S/c1-6-11-9(4)12(14)10(5)13(7-2,15-11)16-8-3/h10H,6-8H2,1-5H3. The van der Waals surface area contributed by atoms with E-state index in [9.17, 15) is 4.79 Å². The average molecular weight is 242 g/mol. The summed E-state index contributed by atoms with van der Waals surface area (Å²) in [4.78, 5) is 11.9. The van der Waals surface area contributed by atoms with Crippen molar-refractivity contribution in [2.75, 3.05) is 5.75 Å². The first kappa shape index (κ1) is 13.6. The number of carbonyl (C=O) groups excluding carboxylic acids is 1. The van der Waals surface area contributed by atoms with Crippen LogP contribution in [0.15, 0.2) is 11.3 Å². The Balaban J connectivity index is 3.11. The summed E-state index contributed by atoms with van der Waals surface area (Å²) in [6.07, 6.45) is 1.67. The molecule has 0 aromatic rings. The van der Waals surface area contributed by atoms with Crippen molar-refractivity contribution in [2.24, 2.45) is 5.92 Å². The lowest BCUT2D eigenvalue weighted by molar-refractivity contribution is -0.127. The summed E-state index contributed by atoms with van der Waals surface area (Å²) in [6, 6.07) is 0. The van der Waals surface area contributed by atoms with Gasteiger partial charge >= 0.3 is 0 Å². The lowest BCUT2D eigenvalue weighted by atomic mass is 9.89. The van der Waals surface area contributed by atoms with Crippen LogP contribution >= 0.6 is 11.8 Å². The summed E-state index contributed by atoms with van der Waals surface area (Å²) in [5, 5.41) is 0. The maximum absolute atomic E-state index is 12.2. The SMILES string of the molecule is CCSC1(CC)OC(CC)=C(C)C(=O)C1C. The van der Waals surface area contributed by atoms with E-state index in [4.69, 9.17) is 4.74 Å². The third-order valence-corrected chi connectivity index (χ3v) is 4.84. The highest BCUT2D eigenvalue weighted by Gasteiger charge is 2.45. The first-order valence-electron chi connectivity index (χ1n) is 6.09. The van der Waals surface area contributed by atoms with Gasteiger partial charge in [-0.25, -0.2) is 0 Å². The Morgan fingerprint density at radius 3 is 2.44 bits per heavy atom. The fourth-order valence-corrected chi connectivity index (χ4v) is 3.46. The van der Waals surface area contributed by atoms with Crippen molar-refractivity contribution in [3.05, 3.63) is 11.3 Å². The average Bonchev–Trinajstić information content (AvgIpc) is 2.30. The molecule has 0 saturated heterocycles. The number of hydrogen-bond donors (Lipinski definition) is 0. The molecule has 1 aliphatic heterocycles. The van der Waals surface area contributed by atoms with E-state index in [1.54, 1.807) is 11.8 Å². The summed E-state index contributed by atoms with van der Waals surface area (Å²) in [5.74, 6) is 2.07.